The summed E-state index contributed by atoms with van der Waals surface area (Å²) in [4.78, 5) is 0.480. The van der Waals surface area contributed by atoms with Crippen LogP contribution in [0.5, 0.6) is 0 Å². The number of thiophene rings is 1. The van der Waals surface area contributed by atoms with Crippen molar-refractivity contribution >= 4 is 11.3 Å². The van der Waals surface area contributed by atoms with E-state index in [9.17, 15) is 22.0 Å². The standard InChI is InChI=1S/C11H5F5S/c1-4-5(2-3-17-4)6-7(12)9(14)11(16)10(15)8(6)13/h2-3H,1H3. The van der Waals surface area contributed by atoms with Gasteiger partial charge < -0.3 is 0 Å². The van der Waals surface area contributed by atoms with Gasteiger partial charge in [0.1, 0.15) is 0 Å². The van der Waals surface area contributed by atoms with Crippen LogP contribution in [0.1, 0.15) is 4.88 Å². The zero-order valence-corrected chi connectivity index (χ0v) is 9.27. The highest BCUT2D eigenvalue weighted by Gasteiger charge is 2.27. The molecule has 17 heavy (non-hydrogen) atoms. The third-order valence-electron chi connectivity index (χ3n) is 2.34. The Hall–Kier alpha value is -1.43. The third kappa shape index (κ3) is 1.72. The van der Waals surface area contributed by atoms with Gasteiger partial charge in [-0.1, -0.05) is 0 Å². The second kappa shape index (κ2) is 4.10. The van der Waals surface area contributed by atoms with E-state index in [1.54, 1.807) is 0 Å². The first-order chi connectivity index (χ1) is 7.95. The summed E-state index contributed by atoms with van der Waals surface area (Å²) in [7, 11) is 0. The first-order valence-corrected chi connectivity index (χ1v) is 5.39. The lowest BCUT2D eigenvalue weighted by Gasteiger charge is -2.07. The Morgan fingerprint density at radius 2 is 1.29 bits per heavy atom. The van der Waals surface area contributed by atoms with Crippen molar-refractivity contribution in [2.45, 2.75) is 6.92 Å². The van der Waals surface area contributed by atoms with E-state index in [0.29, 0.717) is 4.88 Å². The Morgan fingerprint density at radius 1 is 0.824 bits per heavy atom. The van der Waals surface area contributed by atoms with Crippen LogP contribution in [-0.2, 0) is 0 Å². The third-order valence-corrected chi connectivity index (χ3v) is 3.18. The average molecular weight is 264 g/mol. The fourth-order valence-electron chi connectivity index (χ4n) is 1.49. The number of benzene rings is 1. The molecule has 1 aromatic carbocycles. The molecular weight excluding hydrogens is 259 g/mol. The van der Waals surface area contributed by atoms with Gasteiger partial charge in [0.25, 0.3) is 0 Å². The van der Waals surface area contributed by atoms with E-state index in [-0.39, 0.29) is 5.56 Å². The van der Waals surface area contributed by atoms with Crippen molar-refractivity contribution in [1.29, 1.82) is 0 Å². The van der Waals surface area contributed by atoms with Gasteiger partial charge in [-0.05, 0) is 18.4 Å². The smallest absolute Gasteiger partial charge is 0.200 e. The fourth-order valence-corrected chi connectivity index (χ4v) is 2.19. The van der Waals surface area contributed by atoms with E-state index in [1.807, 2.05) is 0 Å². The van der Waals surface area contributed by atoms with Crippen molar-refractivity contribution in [3.05, 3.63) is 45.4 Å². The quantitative estimate of drug-likeness (QED) is 0.406. The molecular formula is C11H5F5S. The predicted octanol–water partition coefficient (Wildman–Crippen LogP) is 4.42. The Labute approximate surface area is 97.3 Å². The summed E-state index contributed by atoms with van der Waals surface area (Å²) in [6.45, 7) is 1.54. The molecule has 0 atom stereocenters. The van der Waals surface area contributed by atoms with Crippen LogP contribution in [0.15, 0.2) is 11.4 Å². The Morgan fingerprint density at radius 3 is 1.71 bits per heavy atom. The molecule has 90 valence electrons. The molecule has 0 fully saturated rings. The van der Waals surface area contributed by atoms with Crippen LogP contribution >= 0.6 is 11.3 Å². The molecule has 0 aliphatic carbocycles. The van der Waals surface area contributed by atoms with Crippen molar-refractivity contribution in [1.82, 2.24) is 0 Å². The number of rotatable bonds is 1. The highest BCUT2D eigenvalue weighted by atomic mass is 32.1. The van der Waals surface area contributed by atoms with E-state index >= 15 is 0 Å². The zero-order chi connectivity index (χ0) is 12.7. The molecule has 0 spiro atoms. The van der Waals surface area contributed by atoms with E-state index in [4.69, 9.17) is 0 Å². The van der Waals surface area contributed by atoms with Crippen LogP contribution in [0, 0.1) is 36.0 Å². The van der Waals surface area contributed by atoms with Crippen LogP contribution < -0.4 is 0 Å². The molecule has 2 rings (SSSR count). The molecule has 0 aliphatic heterocycles. The Kier molecular flexibility index (Phi) is 2.91. The lowest BCUT2D eigenvalue weighted by atomic mass is 10.0. The molecule has 1 heterocycles. The van der Waals surface area contributed by atoms with E-state index in [2.05, 4.69) is 0 Å². The molecule has 0 saturated carbocycles. The number of aryl methyl sites for hydroxylation is 1. The summed E-state index contributed by atoms with van der Waals surface area (Å²) in [5.74, 6) is -9.60. The first kappa shape index (κ1) is 12.0. The van der Waals surface area contributed by atoms with Crippen LogP contribution in [-0.4, -0.2) is 0 Å². The van der Waals surface area contributed by atoms with E-state index in [0.717, 1.165) is 11.3 Å². The molecule has 6 heteroatoms. The molecule has 0 bridgehead atoms. The normalized spacial score (nSPS) is 10.9. The summed E-state index contributed by atoms with van der Waals surface area (Å²) in [5.41, 5.74) is -0.858. The van der Waals surface area contributed by atoms with Crippen molar-refractivity contribution in [3.8, 4) is 11.1 Å². The number of hydrogen-bond acceptors (Lipinski definition) is 1. The minimum atomic E-state index is -2.14. The highest BCUT2D eigenvalue weighted by Crippen LogP contribution is 2.35. The monoisotopic (exact) mass is 264 g/mol. The van der Waals surface area contributed by atoms with Gasteiger partial charge in [-0.15, -0.1) is 11.3 Å². The summed E-state index contributed by atoms with van der Waals surface area (Å²) in [6, 6.07) is 1.32. The lowest BCUT2D eigenvalue weighted by Crippen LogP contribution is -2.03. The highest BCUT2D eigenvalue weighted by molar-refractivity contribution is 7.10. The van der Waals surface area contributed by atoms with Crippen LogP contribution in [0.3, 0.4) is 0 Å². The fraction of sp³-hybridized carbons (Fsp3) is 0.0909. The van der Waals surface area contributed by atoms with Crippen LogP contribution in [0.4, 0.5) is 22.0 Å². The van der Waals surface area contributed by atoms with Gasteiger partial charge in [0, 0.05) is 10.4 Å². The lowest BCUT2D eigenvalue weighted by molar-refractivity contribution is 0.381. The van der Waals surface area contributed by atoms with Gasteiger partial charge in [0.05, 0.1) is 5.56 Å². The van der Waals surface area contributed by atoms with Gasteiger partial charge >= 0.3 is 0 Å². The minimum absolute atomic E-state index is 0.0165. The number of hydrogen-bond donors (Lipinski definition) is 0. The average Bonchev–Trinajstić information content (AvgIpc) is 2.71. The van der Waals surface area contributed by atoms with Gasteiger partial charge in [0.2, 0.25) is 5.82 Å². The van der Waals surface area contributed by atoms with E-state index < -0.39 is 34.6 Å². The van der Waals surface area contributed by atoms with Gasteiger partial charge in [0.15, 0.2) is 23.3 Å². The molecule has 2 aromatic rings. The molecule has 0 N–H and O–H groups in total. The SMILES string of the molecule is Cc1sccc1-c1c(F)c(F)c(F)c(F)c1F. The predicted molar refractivity (Wildman–Crippen MR) is 54.3 cm³/mol. The van der Waals surface area contributed by atoms with Crippen LogP contribution in [0.2, 0.25) is 0 Å². The second-order valence-corrected chi connectivity index (χ2v) is 4.46. The molecule has 1 aromatic heterocycles. The maximum absolute atomic E-state index is 13.4. The van der Waals surface area contributed by atoms with Crippen molar-refractivity contribution in [2.24, 2.45) is 0 Å². The van der Waals surface area contributed by atoms with Crippen molar-refractivity contribution in [2.75, 3.05) is 0 Å². The summed E-state index contributed by atoms with van der Waals surface area (Å²) >= 11 is 1.16. The van der Waals surface area contributed by atoms with Gasteiger partial charge in [-0.3, -0.25) is 0 Å². The molecule has 0 amide bonds. The zero-order valence-electron chi connectivity index (χ0n) is 8.45. The van der Waals surface area contributed by atoms with Crippen molar-refractivity contribution in [3.63, 3.8) is 0 Å². The molecule has 0 nitrogen and oxygen atoms in total. The first-order valence-electron chi connectivity index (χ1n) is 4.51. The molecule has 0 unspecified atom stereocenters. The molecule has 0 aliphatic rings. The Bertz CT molecular complexity index is 559. The van der Waals surface area contributed by atoms with Gasteiger partial charge in [-0.25, -0.2) is 22.0 Å². The number of halogens is 5. The summed E-state index contributed by atoms with van der Waals surface area (Å²) in [5, 5.41) is 1.52. The van der Waals surface area contributed by atoms with Crippen molar-refractivity contribution < 1.29 is 22.0 Å². The summed E-state index contributed by atoms with van der Waals surface area (Å²) in [6.07, 6.45) is 0. The van der Waals surface area contributed by atoms with Crippen LogP contribution in [0.25, 0.3) is 11.1 Å². The molecule has 0 radical (unpaired) electrons. The maximum atomic E-state index is 13.4. The van der Waals surface area contributed by atoms with Gasteiger partial charge in [-0.2, -0.15) is 0 Å². The topological polar surface area (TPSA) is 0 Å². The summed E-state index contributed by atoms with van der Waals surface area (Å²) < 4.78 is 65.6. The van der Waals surface area contributed by atoms with E-state index in [1.165, 1.54) is 18.4 Å². The Balaban J connectivity index is 2.84. The minimum Gasteiger partial charge on any atom is -0.203 e. The second-order valence-electron chi connectivity index (χ2n) is 3.34. The maximum Gasteiger partial charge on any atom is 0.200 e. The molecule has 0 saturated heterocycles. The largest absolute Gasteiger partial charge is 0.203 e.